The monoisotopic (exact) mass is 530 g/mol. The summed E-state index contributed by atoms with van der Waals surface area (Å²) < 4.78 is 6.04. The number of benzene rings is 2. The summed E-state index contributed by atoms with van der Waals surface area (Å²) in [6, 6.07) is 11.2. The molecule has 0 bridgehead atoms. The number of carbonyl (C=O) groups is 3. The van der Waals surface area contributed by atoms with Gasteiger partial charge in [0, 0.05) is 22.4 Å². The van der Waals surface area contributed by atoms with Crippen molar-refractivity contribution in [1.82, 2.24) is 4.90 Å². The lowest BCUT2D eigenvalue weighted by molar-refractivity contribution is -0.148. The van der Waals surface area contributed by atoms with E-state index in [9.17, 15) is 34.8 Å². The smallest absolute Gasteiger partial charge is 0.255 e. The SMILES string of the molecule is CN(C)C1C(O)=C(C(N)=O)C(=O)C2(O)C(O)=C3C(=O)c4c(O)ccc(-c5cc6ccccc6o5)c4CC3CC12. The van der Waals surface area contributed by atoms with Crippen LogP contribution in [0.4, 0.5) is 0 Å². The average molecular weight is 531 g/mol. The molecular weight excluding hydrogens is 504 g/mol. The van der Waals surface area contributed by atoms with Crippen LogP contribution in [0.1, 0.15) is 22.3 Å². The van der Waals surface area contributed by atoms with Gasteiger partial charge in [0.1, 0.15) is 34.2 Å². The van der Waals surface area contributed by atoms with Gasteiger partial charge in [-0.2, -0.15) is 0 Å². The molecule has 10 heteroatoms. The number of fused-ring (bicyclic) bond motifs is 4. The molecule has 2 aromatic carbocycles. The van der Waals surface area contributed by atoms with Gasteiger partial charge in [-0.1, -0.05) is 18.2 Å². The second-order valence-electron chi connectivity index (χ2n) is 10.6. The zero-order chi connectivity index (χ0) is 28.0. The summed E-state index contributed by atoms with van der Waals surface area (Å²) in [5.41, 5.74) is 3.35. The van der Waals surface area contributed by atoms with Crippen molar-refractivity contribution in [2.24, 2.45) is 17.6 Å². The lowest BCUT2D eigenvalue weighted by Gasteiger charge is -2.50. The highest BCUT2D eigenvalue weighted by atomic mass is 16.4. The number of primary amides is 1. The number of nitrogens with two attached hydrogens (primary N) is 1. The first-order valence-corrected chi connectivity index (χ1v) is 12.4. The predicted molar refractivity (Wildman–Crippen MR) is 139 cm³/mol. The van der Waals surface area contributed by atoms with Gasteiger partial charge >= 0.3 is 0 Å². The maximum absolute atomic E-state index is 13.9. The molecule has 6 rings (SSSR count). The minimum Gasteiger partial charge on any atom is -0.510 e. The minimum absolute atomic E-state index is 0.0149. The second-order valence-corrected chi connectivity index (χ2v) is 10.6. The molecule has 10 nitrogen and oxygen atoms in total. The molecular formula is C29H26N2O8. The van der Waals surface area contributed by atoms with Crippen LogP contribution in [0.15, 0.2) is 69.5 Å². The molecule has 0 saturated heterocycles. The van der Waals surface area contributed by atoms with E-state index >= 15 is 0 Å². The summed E-state index contributed by atoms with van der Waals surface area (Å²) in [6.07, 6.45) is 0.191. The molecule has 0 aliphatic heterocycles. The summed E-state index contributed by atoms with van der Waals surface area (Å²) in [5, 5.41) is 45.6. The Hall–Kier alpha value is -4.41. The van der Waals surface area contributed by atoms with E-state index in [2.05, 4.69) is 0 Å². The van der Waals surface area contributed by atoms with E-state index in [0.717, 1.165) is 5.39 Å². The first-order chi connectivity index (χ1) is 18.5. The molecule has 1 heterocycles. The molecule has 39 heavy (non-hydrogen) atoms. The number of phenols is 1. The van der Waals surface area contributed by atoms with Crippen molar-refractivity contribution in [2.45, 2.75) is 24.5 Å². The van der Waals surface area contributed by atoms with Crippen LogP contribution in [-0.2, 0) is 16.0 Å². The number of hydrogen-bond donors (Lipinski definition) is 5. The fourth-order valence-electron chi connectivity index (χ4n) is 6.60. The number of Topliss-reactive ketones (excluding diaryl/α,β-unsaturated/α-hetero) is 2. The van der Waals surface area contributed by atoms with Crippen molar-refractivity contribution in [1.29, 1.82) is 0 Å². The van der Waals surface area contributed by atoms with E-state index in [0.29, 0.717) is 22.5 Å². The second kappa shape index (κ2) is 8.29. The van der Waals surface area contributed by atoms with Gasteiger partial charge in [0.25, 0.3) is 5.91 Å². The molecule has 4 atom stereocenters. The number of aromatic hydroxyl groups is 1. The Morgan fingerprint density at radius 2 is 1.82 bits per heavy atom. The number of hydrogen-bond acceptors (Lipinski definition) is 9. The van der Waals surface area contributed by atoms with Gasteiger partial charge in [-0.05, 0) is 62.7 Å². The molecule has 6 N–H and O–H groups in total. The third-order valence-corrected chi connectivity index (χ3v) is 8.30. The lowest BCUT2D eigenvalue weighted by Crippen LogP contribution is -2.63. The Morgan fingerprint density at radius 3 is 2.49 bits per heavy atom. The highest BCUT2D eigenvalue weighted by molar-refractivity contribution is 6.24. The molecule has 0 saturated carbocycles. The fraction of sp³-hybridized carbons (Fsp3) is 0.276. The maximum atomic E-state index is 13.9. The van der Waals surface area contributed by atoms with Gasteiger partial charge in [-0.3, -0.25) is 19.3 Å². The van der Waals surface area contributed by atoms with Crippen LogP contribution in [0.3, 0.4) is 0 Å². The number of rotatable bonds is 3. The first-order valence-electron chi connectivity index (χ1n) is 12.4. The number of nitrogens with zero attached hydrogens (tertiary/aromatic N) is 1. The number of furan rings is 1. The molecule has 1 aromatic heterocycles. The maximum Gasteiger partial charge on any atom is 0.255 e. The fourth-order valence-corrected chi connectivity index (χ4v) is 6.60. The van der Waals surface area contributed by atoms with Crippen LogP contribution in [-0.4, -0.2) is 68.5 Å². The number of ketones is 2. The van der Waals surface area contributed by atoms with Crippen molar-refractivity contribution in [3.8, 4) is 17.1 Å². The van der Waals surface area contributed by atoms with E-state index in [-0.39, 0.29) is 29.7 Å². The third kappa shape index (κ3) is 3.25. The molecule has 0 fully saturated rings. The van der Waals surface area contributed by atoms with Gasteiger partial charge in [-0.15, -0.1) is 0 Å². The quantitative estimate of drug-likeness (QED) is 0.319. The first kappa shape index (κ1) is 24.9. The van der Waals surface area contributed by atoms with E-state index in [4.69, 9.17) is 10.2 Å². The van der Waals surface area contributed by atoms with E-state index in [1.54, 1.807) is 20.2 Å². The molecule has 4 unspecified atom stereocenters. The number of aliphatic hydroxyl groups is 3. The summed E-state index contributed by atoms with van der Waals surface area (Å²) in [4.78, 5) is 40.9. The number of para-hydroxylation sites is 1. The molecule has 1 amide bonds. The summed E-state index contributed by atoms with van der Waals surface area (Å²) in [7, 11) is 3.18. The van der Waals surface area contributed by atoms with Crippen LogP contribution >= 0.6 is 0 Å². The standard InChI is InChI=1S/C29H26N2O8/c1-31(2)23-16-10-13-9-15-14(19-11-12-5-3-4-6-18(12)39-19)7-8-17(32)21(15)24(33)20(13)26(35)29(16,38)27(36)22(25(23)34)28(30)37/h3-8,11,13,16,23,32,34-35,38H,9-10H2,1-2H3,(H2,30,37). The van der Waals surface area contributed by atoms with Crippen molar-refractivity contribution >= 4 is 28.4 Å². The van der Waals surface area contributed by atoms with Crippen molar-refractivity contribution in [2.75, 3.05) is 14.1 Å². The van der Waals surface area contributed by atoms with Gasteiger partial charge in [0.2, 0.25) is 5.78 Å². The van der Waals surface area contributed by atoms with Crippen molar-refractivity contribution in [3.05, 3.63) is 76.3 Å². The zero-order valence-electron chi connectivity index (χ0n) is 21.1. The van der Waals surface area contributed by atoms with Crippen LogP contribution in [0.5, 0.6) is 5.75 Å². The molecule has 200 valence electrons. The summed E-state index contributed by atoms with van der Waals surface area (Å²) in [6.45, 7) is 0. The van der Waals surface area contributed by atoms with Crippen molar-refractivity contribution in [3.63, 3.8) is 0 Å². The topological polar surface area (TPSA) is 175 Å². The number of aliphatic hydroxyl groups excluding tert-OH is 2. The third-order valence-electron chi connectivity index (χ3n) is 8.30. The highest BCUT2D eigenvalue weighted by Gasteiger charge is 2.63. The highest BCUT2D eigenvalue weighted by Crippen LogP contribution is 2.53. The molecule has 3 aliphatic carbocycles. The lowest BCUT2D eigenvalue weighted by atomic mass is 9.58. The number of likely N-dealkylation sites (N-methyl/N-ethyl adjacent to an activating group) is 1. The summed E-state index contributed by atoms with van der Waals surface area (Å²) in [5.74, 6) is -6.34. The number of phenolic OH excluding ortho intramolecular Hbond substituents is 1. The zero-order valence-corrected chi connectivity index (χ0v) is 21.1. The van der Waals surface area contributed by atoms with Crippen LogP contribution < -0.4 is 5.73 Å². The minimum atomic E-state index is -2.67. The van der Waals surface area contributed by atoms with Gasteiger partial charge < -0.3 is 30.6 Å². The Labute approximate surface area is 222 Å². The van der Waals surface area contributed by atoms with Crippen LogP contribution in [0.25, 0.3) is 22.3 Å². The normalized spacial score (nSPS) is 26.6. The van der Waals surface area contributed by atoms with Crippen LogP contribution in [0, 0.1) is 11.8 Å². The Balaban J connectivity index is 1.55. The Bertz CT molecular complexity index is 1650. The Morgan fingerprint density at radius 1 is 1.10 bits per heavy atom. The average Bonchev–Trinajstić information content (AvgIpc) is 3.30. The Kier molecular flexibility index (Phi) is 5.29. The summed E-state index contributed by atoms with van der Waals surface area (Å²) >= 11 is 0. The van der Waals surface area contributed by atoms with E-state index in [1.807, 2.05) is 30.3 Å². The molecule has 0 radical (unpaired) electrons. The van der Waals surface area contributed by atoms with Gasteiger partial charge in [0.15, 0.2) is 11.4 Å². The van der Waals surface area contributed by atoms with Crippen LogP contribution in [0.2, 0.25) is 0 Å². The van der Waals surface area contributed by atoms with Crippen molar-refractivity contribution < 1.29 is 39.2 Å². The van der Waals surface area contributed by atoms with Gasteiger partial charge in [-0.25, -0.2) is 0 Å². The molecule has 3 aromatic rings. The van der Waals surface area contributed by atoms with Gasteiger partial charge in [0.05, 0.1) is 11.6 Å². The van der Waals surface area contributed by atoms with E-state index < -0.39 is 58.0 Å². The number of carbonyl (C=O) groups excluding carboxylic acids is 3. The predicted octanol–water partition coefficient (Wildman–Crippen LogP) is 2.53. The molecule has 3 aliphatic rings. The number of allylic oxidation sites excluding steroid dienone is 1. The van der Waals surface area contributed by atoms with E-state index in [1.165, 1.54) is 11.0 Å². The largest absolute Gasteiger partial charge is 0.510 e. The number of amides is 1. The molecule has 0 spiro atoms.